The van der Waals surface area contributed by atoms with Gasteiger partial charge in [0.15, 0.2) is 17.2 Å². The molecule has 0 bridgehead atoms. The number of aromatic carboxylic acids is 1. The third kappa shape index (κ3) is 1.59. The molecule has 2 heterocycles. The van der Waals surface area contributed by atoms with Crippen LogP contribution in [0.25, 0.3) is 5.65 Å². The molecule has 2 aromatic rings. The lowest BCUT2D eigenvalue weighted by Gasteiger charge is -2.02. The molecule has 0 aromatic carbocycles. The normalized spacial score (nSPS) is 10.5. The molecule has 0 spiro atoms. The number of rotatable bonds is 3. The number of hydrazine groups is 1. The van der Waals surface area contributed by atoms with Crippen LogP contribution in [0.15, 0.2) is 18.6 Å². The van der Waals surface area contributed by atoms with Crippen molar-refractivity contribution in [2.24, 2.45) is 0 Å². The van der Waals surface area contributed by atoms with E-state index in [1.54, 1.807) is 23.8 Å². The van der Waals surface area contributed by atoms with Gasteiger partial charge < -0.3 is 14.9 Å². The van der Waals surface area contributed by atoms with E-state index in [2.05, 4.69) is 20.8 Å². The van der Waals surface area contributed by atoms with Crippen LogP contribution in [0.3, 0.4) is 0 Å². The maximum absolute atomic E-state index is 10.7. The fourth-order valence-electron chi connectivity index (χ4n) is 1.23. The van der Waals surface area contributed by atoms with Crippen molar-refractivity contribution >= 4 is 17.4 Å². The van der Waals surface area contributed by atoms with E-state index in [9.17, 15) is 4.79 Å². The minimum Gasteiger partial charge on any atom is -0.476 e. The summed E-state index contributed by atoms with van der Waals surface area (Å²) < 4.78 is 1.59. The number of imidazole rings is 1. The summed E-state index contributed by atoms with van der Waals surface area (Å²) in [7, 11) is 1.69. The molecule has 0 atom stereocenters. The third-order valence-electron chi connectivity index (χ3n) is 1.84. The lowest BCUT2D eigenvalue weighted by molar-refractivity contribution is 0.0691. The van der Waals surface area contributed by atoms with Crippen molar-refractivity contribution in [3.8, 4) is 0 Å². The number of nitrogens with one attached hydrogen (secondary N) is 2. The van der Waals surface area contributed by atoms with Crippen LogP contribution in [0.2, 0.25) is 0 Å². The summed E-state index contributed by atoms with van der Waals surface area (Å²) in [5.41, 5.74) is 5.92. The fourth-order valence-corrected chi connectivity index (χ4v) is 1.23. The summed E-state index contributed by atoms with van der Waals surface area (Å²) in [6.07, 6.45) is 4.62. The Hall–Kier alpha value is -2.15. The number of nitrogens with zero attached hydrogens (tertiary/aromatic N) is 3. The number of carboxylic acid groups (broad SMARTS) is 1. The molecule has 0 fully saturated rings. The van der Waals surface area contributed by atoms with Gasteiger partial charge in [0, 0.05) is 25.6 Å². The fraction of sp³-hybridized carbons (Fsp3) is 0.125. The molecule has 15 heavy (non-hydrogen) atoms. The van der Waals surface area contributed by atoms with Gasteiger partial charge in [-0.2, -0.15) is 0 Å². The van der Waals surface area contributed by atoms with Crippen LogP contribution in [0.1, 0.15) is 10.5 Å². The van der Waals surface area contributed by atoms with Gasteiger partial charge in [-0.15, -0.1) is 0 Å². The second-order valence-corrected chi connectivity index (χ2v) is 2.81. The minimum absolute atomic E-state index is 0.0119. The van der Waals surface area contributed by atoms with Crippen LogP contribution in [0.5, 0.6) is 0 Å². The number of anilines is 1. The topological polar surface area (TPSA) is 91.5 Å². The third-order valence-corrected chi connectivity index (χ3v) is 1.84. The minimum atomic E-state index is -1.06. The summed E-state index contributed by atoms with van der Waals surface area (Å²) in [5, 5.41) is 8.77. The lowest BCUT2D eigenvalue weighted by atomic mass is 10.5. The van der Waals surface area contributed by atoms with Gasteiger partial charge in [0.05, 0.1) is 0 Å². The van der Waals surface area contributed by atoms with Crippen molar-refractivity contribution < 1.29 is 9.90 Å². The number of hydrogen-bond acceptors (Lipinski definition) is 5. The number of hydrogen-bond donors (Lipinski definition) is 3. The molecule has 0 saturated heterocycles. The molecule has 2 aromatic heterocycles. The van der Waals surface area contributed by atoms with Crippen LogP contribution >= 0.6 is 0 Å². The van der Waals surface area contributed by atoms with Crippen molar-refractivity contribution in [1.82, 2.24) is 19.8 Å². The average Bonchev–Trinajstić information content (AvgIpc) is 2.63. The number of carboxylic acids is 1. The van der Waals surface area contributed by atoms with Crippen molar-refractivity contribution in [2.45, 2.75) is 0 Å². The van der Waals surface area contributed by atoms with Gasteiger partial charge in [0.1, 0.15) is 0 Å². The van der Waals surface area contributed by atoms with Gasteiger partial charge in [-0.05, 0) is 0 Å². The van der Waals surface area contributed by atoms with Crippen molar-refractivity contribution in [3.05, 3.63) is 24.3 Å². The molecule has 3 N–H and O–H groups in total. The van der Waals surface area contributed by atoms with Crippen LogP contribution < -0.4 is 10.9 Å². The highest BCUT2D eigenvalue weighted by molar-refractivity contribution is 5.86. The quantitative estimate of drug-likeness (QED) is 0.612. The molecule has 0 amide bonds. The zero-order valence-electron chi connectivity index (χ0n) is 7.93. The Bertz CT molecular complexity index is 507. The SMILES string of the molecule is CNNc1nccn2cc(C(=O)O)nc12. The molecule has 0 aliphatic carbocycles. The second kappa shape index (κ2) is 3.54. The maximum Gasteiger partial charge on any atom is 0.356 e. The molecule has 78 valence electrons. The van der Waals surface area contributed by atoms with Crippen LogP contribution in [0, 0.1) is 0 Å². The van der Waals surface area contributed by atoms with E-state index in [4.69, 9.17) is 5.11 Å². The zero-order valence-corrected chi connectivity index (χ0v) is 7.93. The molecule has 0 unspecified atom stereocenters. The molecule has 2 rings (SSSR count). The first-order valence-corrected chi connectivity index (χ1v) is 4.22. The number of aromatic nitrogens is 3. The summed E-state index contributed by atoms with van der Waals surface area (Å²) in [5.74, 6) is -0.582. The first kappa shape index (κ1) is 9.41. The highest BCUT2D eigenvalue weighted by Crippen LogP contribution is 2.12. The Morgan fingerprint density at radius 1 is 1.60 bits per heavy atom. The standard InChI is InChI=1S/C8H9N5O2/c1-9-12-6-7-11-5(8(14)15)4-13(7)3-2-10-6/h2-4,9H,1H3,(H,10,12)(H,14,15). The first-order chi connectivity index (χ1) is 7.22. The molecule has 7 nitrogen and oxygen atoms in total. The molecule has 0 aliphatic heterocycles. The Balaban J connectivity index is 2.59. The Morgan fingerprint density at radius 2 is 2.40 bits per heavy atom. The van der Waals surface area contributed by atoms with Gasteiger partial charge in [-0.25, -0.2) is 20.2 Å². The van der Waals surface area contributed by atoms with Crippen LogP contribution in [-0.2, 0) is 0 Å². The van der Waals surface area contributed by atoms with Gasteiger partial charge in [0.2, 0.25) is 0 Å². The molecule has 0 saturated carbocycles. The van der Waals surface area contributed by atoms with E-state index in [-0.39, 0.29) is 5.69 Å². The summed E-state index contributed by atoms with van der Waals surface area (Å²) in [6, 6.07) is 0. The Labute approximate surface area is 84.7 Å². The predicted octanol–water partition coefficient (Wildman–Crippen LogP) is -0.0262. The van der Waals surface area contributed by atoms with E-state index in [0.717, 1.165) is 0 Å². The smallest absolute Gasteiger partial charge is 0.356 e. The second-order valence-electron chi connectivity index (χ2n) is 2.81. The largest absolute Gasteiger partial charge is 0.476 e. The van der Waals surface area contributed by atoms with E-state index >= 15 is 0 Å². The van der Waals surface area contributed by atoms with E-state index in [1.807, 2.05) is 0 Å². The highest BCUT2D eigenvalue weighted by Gasteiger charge is 2.11. The molecular formula is C8H9N5O2. The summed E-state index contributed by atoms with van der Waals surface area (Å²) in [4.78, 5) is 18.7. The first-order valence-electron chi connectivity index (χ1n) is 4.22. The lowest BCUT2D eigenvalue weighted by Crippen LogP contribution is -2.16. The Kier molecular flexibility index (Phi) is 2.22. The van der Waals surface area contributed by atoms with Crippen LogP contribution in [-0.4, -0.2) is 32.5 Å². The summed E-state index contributed by atoms with van der Waals surface area (Å²) >= 11 is 0. The van der Waals surface area contributed by atoms with Gasteiger partial charge in [-0.3, -0.25) is 0 Å². The van der Waals surface area contributed by atoms with Gasteiger partial charge in [0.25, 0.3) is 0 Å². The van der Waals surface area contributed by atoms with Gasteiger partial charge in [-0.1, -0.05) is 0 Å². The average molecular weight is 207 g/mol. The van der Waals surface area contributed by atoms with Crippen LogP contribution in [0.4, 0.5) is 5.82 Å². The van der Waals surface area contributed by atoms with Crippen molar-refractivity contribution in [1.29, 1.82) is 0 Å². The van der Waals surface area contributed by atoms with E-state index in [0.29, 0.717) is 11.5 Å². The maximum atomic E-state index is 10.7. The molecule has 7 heteroatoms. The molecule has 0 aliphatic rings. The molecule has 0 radical (unpaired) electrons. The zero-order chi connectivity index (χ0) is 10.8. The number of fused-ring (bicyclic) bond motifs is 1. The highest BCUT2D eigenvalue weighted by atomic mass is 16.4. The van der Waals surface area contributed by atoms with Crippen molar-refractivity contribution in [3.63, 3.8) is 0 Å². The molecular weight excluding hydrogens is 198 g/mol. The monoisotopic (exact) mass is 207 g/mol. The summed E-state index contributed by atoms with van der Waals surface area (Å²) in [6.45, 7) is 0. The Morgan fingerprint density at radius 3 is 3.07 bits per heavy atom. The van der Waals surface area contributed by atoms with E-state index in [1.165, 1.54) is 6.20 Å². The van der Waals surface area contributed by atoms with E-state index < -0.39 is 5.97 Å². The predicted molar refractivity (Wildman–Crippen MR) is 52.6 cm³/mol. The number of carbonyl (C=O) groups is 1. The van der Waals surface area contributed by atoms with Gasteiger partial charge >= 0.3 is 5.97 Å². The van der Waals surface area contributed by atoms with Crippen molar-refractivity contribution in [2.75, 3.05) is 12.5 Å².